The Kier molecular flexibility index (Phi) is 8.03. The van der Waals surface area contributed by atoms with Gasteiger partial charge in [0.2, 0.25) is 0 Å². The summed E-state index contributed by atoms with van der Waals surface area (Å²) in [5.74, 6) is 0.557. The van der Waals surface area contributed by atoms with Crippen LogP contribution in [0.15, 0.2) is 97.1 Å². The lowest BCUT2D eigenvalue weighted by molar-refractivity contribution is -0.143. The van der Waals surface area contributed by atoms with Crippen LogP contribution < -0.4 is 14.8 Å². The molecule has 6 nitrogen and oxygen atoms in total. The Morgan fingerprint density at radius 3 is 2.35 bits per heavy atom. The molecular weight excluding hydrogens is 509 g/mol. The third-order valence-corrected chi connectivity index (χ3v) is 6.89. The Hall–Kier alpha value is -4.36. The fourth-order valence-electron chi connectivity index (χ4n) is 4.70. The highest BCUT2D eigenvalue weighted by atomic mass is 19.1. The molecule has 5 rings (SSSR count). The van der Waals surface area contributed by atoms with Gasteiger partial charge in [0.25, 0.3) is 0 Å². The SMILES string of the molecule is COc1ccc(C(=O)OC2C(OCc3ccccc3)c3cc(NCc4ccc(F)cc4)ccc3OC2(C)C)cc1. The fraction of sp³-hybridized carbons (Fsp3) is 0.242. The van der Waals surface area contributed by atoms with Crippen LogP contribution in [0.3, 0.4) is 0 Å². The lowest BCUT2D eigenvalue weighted by atomic mass is 9.87. The Morgan fingerprint density at radius 1 is 0.925 bits per heavy atom. The number of carbonyl (C=O) groups excluding carboxylic acids is 1. The molecule has 0 radical (unpaired) electrons. The smallest absolute Gasteiger partial charge is 0.338 e. The normalized spacial score (nSPS) is 17.3. The maximum absolute atomic E-state index is 13.3. The molecule has 4 aromatic rings. The Balaban J connectivity index is 1.43. The van der Waals surface area contributed by atoms with E-state index >= 15 is 0 Å². The first kappa shape index (κ1) is 27.2. The number of carbonyl (C=O) groups is 1. The molecule has 1 N–H and O–H groups in total. The van der Waals surface area contributed by atoms with E-state index in [-0.39, 0.29) is 5.82 Å². The molecule has 0 spiro atoms. The number of ether oxygens (including phenoxy) is 4. The Labute approximate surface area is 233 Å². The van der Waals surface area contributed by atoms with Gasteiger partial charge in [-0.15, -0.1) is 0 Å². The van der Waals surface area contributed by atoms with Crippen LogP contribution >= 0.6 is 0 Å². The number of nitrogens with one attached hydrogen (secondary N) is 1. The number of esters is 1. The summed E-state index contributed by atoms with van der Waals surface area (Å²) in [6.45, 7) is 4.62. The Bertz CT molecular complexity index is 1440. The average Bonchev–Trinajstić information content (AvgIpc) is 2.97. The van der Waals surface area contributed by atoms with E-state index in [4.69, 9.17) is 18.9 Å². The molecule has 0 fully saturated rings. The van der Waals surface area contributed by atoms with Crippen molar-refractivity contribution >= 4 is 11.7 Å². The standard InChI is InChI=1S/C33H32FNO5/c1-33(2)31(39-32(36)24-11-16-27(37-3)17-12-24)30(38-21-23-7-5-4-6-8-23)28-19-26(15-18-29(28)40-33)35-20-22-9-13-25(34)14-10-22/h4-19,30-31,35H,20-21H2,1-3H3. The predicted octanol–water partition coefficient (Wildman–Crippen LogP) is 7.10. The third kappa shape index (κ3) is 6.26. The van der Waals surface area contributed by atoms with Gasteiger partial charge in [0.05, 0.1) is 19.3 Å². The maximum atomic E-state index is 13.3. The second-order valence-electron chi connectivity index (χ2n) is 10.2. The first-order chi connectivity index (χ1) is 19.3. The first-order valence-electron chi connectivity index (χ1n) is 13.1. The third-order valence-electron chi connectivity index (χ3n) is 6.89. The van der Waals surface area contributed by atoms with Crippen LogP contribution in [0.25, 0.3) is 0 Å². The monoisotopic (exact) mass is 541 g/mol. The molecule has 0 aromatic heterocycles. The highest BCUT2D eigenvalue weighted by Crippen LogP contribution is 2.45. The van der Waals surface area contributed by atoms with Crippen molar-refractivity contribution in [3.05, 3.63) is 125 Å². The molecule has 2 unspecified atom stereocenters. The molecular formula is C33H32FNO5. The number of methoxy groups -OCH3 is 1. The van der Waals surface area contributed by atoms with E-state index in [1.807, 2.05) is 62.4 Å². The molecule has 0 saturated carbocycles. The van der Waals surface area contributed by atoms with Gasteiger partial charge in [-0.05, 0) is 79.6 Å². The van der Waals surface area contributed by atoms with Crippen LogP contribution in [0.4, 0.5) is 10.1 Å². The van der Waals surface area contributed by atoms with Crippen molar-refractivity contribution in [3.8, 4) is 11.5 Å². The largest absolute Gasteiger partial charge is 0.497 e. The predicted molar refractivity (Wildman–Crippen MR) is 151 cm³/mol. The number of benzene rings is 4. The number of fused-ring (bicyclic) bond motifs is 1. The molecule has 7 heteroatoms. The molecule has 206 valence electrons. The van der Waals surface area contributed by atoms with Crippen molar-refractivity contribution in [2.24, 2.45) is 0 Å². The molecule has 2 atom stereocenters. The lowest BCUT2D eigenvalue weighted by Crippen LogP contribution is -2.51. The van der Waals surface area contributed by atoms with Crippen LogP contribution in [-0.4, -0.2) is 24.8 Å². The first-order valence-corrected chi connectivity index (χ1v) is 13.1. The van der Waals surface area contributed by atoms with Crippen LogP contribution in [0.1, 0.15) is 47.0 Å². The maximum Gasteiger partial charge on any atom is 0.338 e. The topological polar surface area (TPSA) is 66.0 Å². The highest BCUT2D eigenvalue weighted by molar-refractivity contribution is 5.89. The van der Waals surface area contributed by atoms with Crippen molar-refractivity contribution in [1.29, 1.82) is 0 Å². The van der Waals surface area contributed by atoms with Gasteiger partial charge < -0.3 is 24.3 Å². The van der Waals surface area contributed by atoms with E-state index in [1.54, 1.807) is 43.5 Å². The van der Waals surface area contributed by atoms with E-state index in [1.165, 1.54) is 12.1 Å². The number of hydrogen-bond acceptors (Lipinski definition) is 6. The highest BCUT2D eigenvalue weighted by Gasteiger charge is 2.47. The number of hydrogen-bond donors (Lipinski definition) is 1. The number of rotatable bonds is 9. The molecule has 1 heterocycles. The number of anilines is 1. The van der Waals surface area contributed by atoms with E-state index in [0.717, 1.165) is 22.4 Å². The Morgan fingerprint density at radius 2 is 1.65 bits per heavy atom. The molecule has 0 amide bonds. The van der Waals surface area contributed by atoms with Gasteiger partial charge in [0.15, 0.2) is 6.10 Å². The van der Waals surface area contributed by atoms with E-state index in [9.17, 15) is 9.18 Å². The summed E-state index contributed by atoms with van der Waals surface area (Å²) in [6.07, 6.45) is -1.35. The fourth-order valence-corrected chi connectivity index (χ4v) is 4.70. The zero-order valence-electron chi connectivity index (χ0n) is 22.7. The molecule has 0 bridgehead atoms. The van der Waals surface area contributed by atoms with Crippen molar-refractivity contribution in [2.75, 3.05) is 12.4 Å². The molecule has 40 heavy (non-hydrogen) atoms. The average molecular weight is 542 g/mol. The number of halogens is 1. The molecule has 1 aliphatic rings. The van der Waals surface area contributed by atoms with Gasteiger partial charge in [-0.25, -0.2) is 9.18 Å². The lowest BCUT2D eigenvalue weighted by Gasteiger charge is -2.43. The van der Waals surface area contributed by atoms with E-state index in [2.05, 4.69) is 5.32 Å². The second-order valence-corrected chi connectivity index (χ2v) is 10.2. The zero-order chi connectivity index (χ0) is 28.1. The van der Waals surface area contributed by atoms with Gasteiger partial charge in [-0.1, -0.05) is 42.5 Å². The summed E-state index contributed by atoms with van der Waals surface area (Å²) in [5, 5.41) is 3.38. The molecule has 0 saturated heterocycles. The van der Waals surface area contributed by atoms with Gasteiger partial charge in [0.1, 0.15) is 29.0 Å². The van der Waals surface area contributed by atoms with Crippen molar-refractivity contribution in [3.63, 3.8) is 0 Å². The van der Waals surface area contributed by atoms with Gasteiger partial charge >= 0.3 is 5.97 Å². The van der Waals surface area contributed by atoms with Crippen LogP contribution in [0.5, 0.6) is 11.5 Å². The summed E-state index contributed by atoms with van der Waals surface area (Å²) in [5.41, 5.74) is 3.07. The summed E-state index contributed by atoms with van der Waals surface area (Å²) in [7, 11) is 1.57. The van der Waals surface area contributed by atoms with Crippen molar-refractivity contribution in [1.82, 2.24) is 0 Å². The van der Waals surface area contributed by atoms with Crippen molar-refractivity contribution in [2.45, 2.75) is 44.8 Å². The van der Waals surface area contributed by atoms with Gasteiger partial charge in [0, 0.05) is 17.8 Å². The summed E-state index contributed by atoms with van der Waals surface area (Å²) < 4.78 is 37.5. The van der Waals surface area contributed by atoms with E-state index in [0.29, 0.717) is 30.2 Å². The minimum absolute atomic E-state index is 0.272. The van der Waals surface area contributed by atoms with E-state index < -0.39 is 23.8 Å². The minimum Gasteiger partial charge on any atom is -0.497 e. The van der Waals surface area contributed by atoms with Crippen LogP contribution in [-0.2, 0) is 22.6 Å². The summed E-state index contributed by atoms with van der Waals surface area (Å²) in [4.78, 5) is 13.3. The van der Waals surface area contributed by atoms with Crippen LogP contribution in [0.2, 0.25) is 0 Å². The van der Waals surface area contributed by atoms with Crippen LogP contribution in [0, 0.1) is 5.82 Å². The quantitative estimate of drug-likeness (QED) is 0.228. The second kappa shape index (κ2) is 11.8. The van der Waals surface area contributed by atoms with Gasteiger partial charge in [-0.3, -0.25) is 0 Å². The zero-order valence-corrected chi connectivity index (χ0v) is 22.7. The minimum atomic E-state index is -0.875. The summed E-state index contributed by atoms with van der Waals surface area (Å²) >= 11 is 0. The van der Waals surface area contributed by atoms with Crippen molar-refractivity contribution < 1.29 is 28.1 Å². The molecule has 4 aromatic carbocycles. The van der Waals surface area contributed by atoms with Gasteiger partial charge in [-0.2, -0.15) is 0 Å². The molecule has 0 aliphatic carbocycles. The molecule has 1 aliphatic heterocycles. The summed E-state index contributed by atoms with van der Waals surface area (Å²) in [6, 6.07) is 28.8.